The molecule has 1 aromatic rings. The Balaban J connectivity index is 2.53. The van der Waals surface area contributed by atoms with Crippen LogP contribution in [0.3, 0.4) is 0 Å². The van der Waals surface area contributed by atoms with Crippen molar-refractivity contribution in [1.82, 2.24) is 10.2 Å². The predicted molar refractivity (Wildman–Crippen MR) is 73.6 cm³/mol. The molecule has 100 valence electrons. The summed E-state index contributed by atoms with van der Waals surface area (Å²) in [4.78, 5) is 23.7. The fraction of sp³-hybridized carbons (Fsp3) is 0.455. The standard InChI is InChI=1S/C11H15BrN2O3S/c1-7(15)13-9(11(16)17)5-14(2)4-8-3-10(12)18-6-8/h3,6,9H,4-5H2,1-2H3,(H,13,15)(H,16,17). The molecule has 18 heavy (non-hydrogen) atoms. The van der Waals surface area contributed by atoms with Gasteiger partial charge in [-0.05, 0) is 40.0 Å². The lowest BCUT2D eigenvalue weighted by Gasteiger charge is -2.21. The number of thiophene rings is 1. The molecule has 1 amide bonds. The summed E-state index contributed by atoms with van der Waals surface area (Å²) in [6.45, 7) is 2.22. The van der Waals surface area contributed by atoms with Crippen molar-refractivity contribution >= 4 is 39.1 Å². The van der Waals surface area contributed by atoms with Crippen LogP contribution in [-0.2, 0) is 16.1 Å². The number of likely N-dealkylation sites (N-methyl/N-ethyl adjacent to an activating group) is 1. The molecule has 1 atom stereocenters. The molecule has 2 N–H and O–H groups in total. The molecule has 1 rings (SSSR count). The minimum absolute atomic E-state index is 0.266. The first kappa shape index (κ1) is 15.1. The van der Waals surface area contributed by atoms with Crippen LogP contribution >= 0.6 is 27.3 Å². The molecule has 0 saturated carbocycles. The molecule has 0 aliphatic rings. The Morgan fingerprint density at radius 2 is 2.28 bits per heavy atom. The second kappa shape index (κ2) is 6.86. The zero-order valence-electron chi connectivity index (χ0n) is 10.1. The number of halogens is 1. The molecule has 0 aromatic carbocycles. The van der Waals surface area contributed by atoms with Crippen molar-refractivity contribution in [2.75, 3.05) is 13.6 Å². The van der Waals surface area contributed by atoms with Crippen LogP contribution in [0.4, 0.5) is 0 Å². The van der Waals surface area contributed by atoms with E-state index in [-0.39, 0.29) is 12.5 Å². The van der Waals surface area contributed by atoms with Gasteiger partial charge in [0.25, 0.3) is 0 Å². The molecule has 0 aliphatic carbocycles. The van der Waals surface area contributed by atoms with Crippen molar-refractivity contribution in [2.45, 2.75) is 19.5 Å². The van der Waals surface area contributed by atoms with E-state index in [9.17, 15) is 9.59 Å². The monoisotopic (exact) mass is 334 g/mol. The van der Waals surface area contributed by atoms with E-state index >= 15 is 0 Å². The largest absolute Gasteiger partial charge is 0.480 e. The number of hydrogen-bond acceptors (Lipinski definition) is 4. The number of amides is 1. The minimum atomic E-state index is -1.02. The summed E-state index contributed by atoms with van der Waals surface area (Å²) in [5, 5.41) is 13.4. The SMILES string of the molecule is CC(=O)NC(CN(C)Cc1csc(Br)c1)C(=O)O. The third-order valence-corrected chi connectivity index (χ3v) is 3.80. The maximum Gasteiger partial charge on any atom is 0.327 e. The maximum absolute atomic E-state index is 11.0. The molecule has 1 heterocycles. The number of nitrogens with one attached hydrogen (secondary N) is 1. The summed E-state index contributed by atoms with van der Waals surface area (Å²) in [6, 6.07) is 1.12. The van der Waals surface area contributed by atoms with Gasteiger partial charge in [-0.1, -0.05) is 0 Å². The Labute approximate surface area is 118 Å². The Morgan fingerprint density at radius 1 is 1.61 bits per heavy atom. The van der Waals surface area contributed by atoms with Gasteiger partial charge >= 0.3 is 5.97 Å². The summed E-state index contributed by atoms with van der Waals surface area (Å²) in [6.07, 6.45) is 0. The molecule has 0 bridgehead atoms. The average Bonchev–Trinajstić information content (AvgIpc) is 2.62. The highest BCUT2D eigenvalue weighted by molar-refractivity contribution is 9.11. The van der Waals surface area contributed by atoms with E-state index in [1.165, 1.54) is 6.92 Å². The Kier molecular flexibility index (Phi) is 5.77. The van der Waals surface area contributed by atoms with E-state index in [1.54, 1.807) is 11.3 Å². The Hall–Kier alpha value is -0.920. The van der Waals surface area contributed by atoms with E-state index in [4.69, 9.17) is 5.11 Å². The van der Waals surface area contributed by atoms with Crippen LogP contribution in [0.5, 0.6) is 0 Å². The number of carboxylic acids is 1. The van der Waals surface area contributed by atoms with Gasteiger partial charge in [0.1, 0.15) is 6.04 Å². The second-order valence-electron chi connectivity index (χ2n) is 4.05. The smallest absolute Gasteiger partial charge is 0.327 e. The first-order valence-electron chi connectivity index (χ1n) is 5.30. The number of hydrogen-bond donors (Lipinski definition) is 2. The summed E-state index contributed by atoms with van der Waals surface area (Å²) in [5.41, 5.74) is 1.11. The fourth-order valence-corrected chi connectivity index (χ4v) is 2.75. The molecular formula is C11H15BrN2O3S. The van der Waals surface area contributed by atoms with E-state index in [0.29, 0.717) is 6.54 Å². The number of carboxylic acid groups (broad SMARTS) is 1. The highest BCUT2D eigenvalue weighted by Gasteiger charge is 2.20. The molecule has 5 nitrogen and oxygen atoms in total. The van der Waals surface area contributed by atoms with E-state index in [2.05, 4.69) is 21.2 Å². The van der Waals surface area contributed by atoms with Gasteiger partial charge in [0.05, 0.1) is 3.79 Å². The van der Waals surface area contributed by atoms with Gasteiger partial charge in [-0.3, -0.25) is 9.69 Å². The van der Waals surface area contributed by atoms with Crippen molar-refractivity contribution in [3.05, 3.63) is 20.8 Å². The summed E-state index contributed by atoms with van der Waals surface area (Å²) in [7, 11) is 1.82. The van der Waals surface area contributed by atoms with Crippen molar-refractivity contribution in [3.8, 4) is 0 Å². The fourth-order valence-electron chi connectivity index (χ4n) is 1.55. The molecule has 0 saturated heterocycles. The van der Waals surface area contributed by atoms with Gasteiger partial charge < -0.3 is 10.4 Å². The molecule has 0 radical (unpaired) electrons. The number of aliphatic carboxylic acids is 1. The summed E-state index contributed by atoms with van der Waals surface area (Å²) < 4.78 is 1.04. The van der Waals surface area contributed by atoms with Crippen LogP contribution in [0, 0.1) is 0 Å². The van der Waals surface area contributed by atoms with Gasteiger partial charge in [-0.25, -0.2) is 4.79 Å². The second-order valence-corrected chi connectivity index (χ2v) is 6.34. The van der Waals surface area contributed by atoms with E-state index < -0.39 is 12.0 Å². The van der Waals surface area contributed by atoms with Gasteiger partial charge in [0, 0.05) is 20.0 Å². The Morgan fingerprint density at radius 3 is 2.72 bits per heavy atom. The molecule has 0 aliphatic heterocycles. The van der Waals surface area contributed by atoms with Crippen molar-refractivity contribution < 1.29 is 14.7 Å². The molecule has 7 heteroatoms. The lowest BCUT2D eigenvalue weighted by atomic mass is 10.2. The molecule has 0 spiro atoms. The summed E-state index contributed by atoms with van der Waals surface area (Å²) in [5.74, 6) is -1.36. The topological polar surface area (TPSA) is 69.6 Å². The first-order chi connectivity index (χ1) is 8.38. The van der Waals surface area contributed by atoms with E-state index in [1.807, 2.05) is 23.4 Å². The summed E-state index contributed by atoms with van der Waals surface area (Å²) >= 11 is 4.96. The highest BCUT2D eigenvalue weighted by atomic mass is 79.9. The van der Waals surface area contributed by atoms with Gasteiger partial charge in [0.2, 0.25) is 5.91 Å². The zero-order chi connectivity index (χ0) is 13.7. The number of carbonyl (C=O) groups excluding carboxylic acids is 1. The quantitative estimate of drug-likeness (QED) is 0.827. The molecular weight excluding hydrogens is 320 g/mol. The van der Waals surface area contributed by atoms with Crippen molar-refractivity contribution in [3.63, 3.8) is 0 Å². The first-order valence-corrected chi connectivity index (χ1v) is 6.97. The molecule has 0 fully saturated rings. The van der Waals surface area contributed by atoms with Crippen molar-refractivity contribution in [2.24, 2.45) is 0 Å². The van der Waals surface area contributed by atoms with Crippen LogP contribution in [-0.4, -0.2) is 41.5 Å². The van der Waals surface area contributed by atoms with E-state index in [0.717, 1.165) is 9.35 Å². The van der Waals surface area contributed by atoms with Crippen LogP contribution in [0.15, 0.2) is 15.2 Å². The minimum Gasteiger partial charge on any atom is -0.480 e. The van der Waals surface area contributed by atoms with Gasteiger partial charge in [-0.15, -0.1) is 11.3 Å². The average molecular weight is 335 g/mol. The molecule has 1 aromatic heterocycles. The number of nitrogens with zero attached hydrogens (tertiary/aromatic N) is 1. The van der Waals surface area contributed by atoms with Crippen molar-refractivity contribution in [1.29, 1.82) is 0 Å². The van der Waals surface area contributed by atoms with Crippen LogP contribution in [0.1, 0.15) is 12.5 Å². The third-order valence-electron chi connectivity index (χ3n) is 2.24. The van der Waals surface area contributed by atoms with Crippen LogP contribution in [0.2, 0.25) is 0 Å². The predicted octanol–water partition coefficient (Wildman–Crippen LogP) is 1.53. The van der Waals surface area contributed by atoms with Gasteiger partial charge in [-0.2, -0.15) is 0 Å². The zero-order valence-corrected chi connectivity index (χ0v) is 12.5. The molecule has 1 unspecified atom stereocenters. The number of carbonyl (C=O) groups is 2. The third kappa shape index (κ3) is 5.16. The highest BCUT2D eigenvalue weighted by Crippen LogP contribution is 2.21. The normalized spacial score (nSPS) is 12.4. The van der Waals surface area contributed by atoms with Crippen LogP contribution in [0.25, 0.3) is 0 Å². The van der Waals surface area contributed by atoms with Crippen LogP contribution < -0.4 is 5.32 Å². The lowest BCUT2D eigenvalue weighted by Crippen LogP contribution is -2.46. The maximum atomic E-state index is 11.0. The Bertz CT molecular complexity index is 436. The number of rotatable bonds is 6. The van der Waals surface area contributed by atoms with Gasteiger partial charge in [0.15, 0.2) is 0 Å². The lowest BCUT2D eigenvalue weighted by molar-refractivity contribution is -0.142.